The molecule has 122 valence electrons. The maximum atomic E-state index is 12.2. The zero-order valence-electron chi connectivity index (χ0n) is 12.8. The Kier molecular flexibility index (Phi) is 4.95. The van der Waals surface area contributed by atoms with Crippen LogP contribution in [0.4, 0.5) is 5.69 Å². The number of halogens is 2. The Balaban J connectivity index is 2.24. The molecule has 1 aliphatic rings. The van der Waals surface area contributed by atoms with E-state index in [2.05, 4.69) is 36.7 Å². The molecule has 1 aromatic carbocycles. The second-order valence-electron chi connectivity index (χ2n) is 6.70. The highest BCUT2D eigenvalue weighted by molar-refractivity contribution is 9.10. The van der Waals surface area contributed by atoms with Crippen LogP contribution in [0.15, 0.2) is 22.7 Å². The van der Waals surface area contributed by atoms with Gasteiger partial charge in [0.25, 0.3) is 0 Å². The summed E-state index contributed by atoms with van der Waals surface area (Å²) < 4.78 is 23.2. The molecule has 0 bridgehead atoms. The number of anilines is 1. The molecule has 22 heavy (non-hydrogen) atoms. The Bertz CT molecular complexity index is 697. The molecule has 0 aromatic heterocycles. The number of rotatable bonds is 3. The van der Waals surface area contributed by atoms with Crippen molar-refractivity contribution in [3.8, 4) is 0 Å². The van der Waals surface area contributed by atoms with Crippen molar-refractivity contribution in [2.24, 2.45) is 5.92 Å². The highest BCUT2D eigenvalue weighted by Crippen LogP contribution is 2.35. The first-order valence-corrected chi connectivity index (χ1v) is 10.3. The Morgan fingerprint density at radius 1 is 1.36 bits per heavy atom. The van der Waals surface area contributed by atoms with Gasteiger partial charge in [0, 0.05) is 34.0 Å². The monoisotopic (exact) mass is 407 g/mol. The van der Waals surface area contributed by atoms with Crippen molar-refractivity contribution in [1.29, 1.82) is 0 Å². The lowest BCUT2D eigenvalue weighted by molar-refractivity contribution is -0.117. The van der Waals surface area contributed by atoms with Gasteiger partial charge in [0.1, 0.15) is 0 Å². The first-order chi connectivity index (χ1) is 9.97. The van der Waals surface area contributed by atoms with Gasteiger partial charge in [-0.1, -0.05) is 26.8 Å². The van der Waals surface area contributed by atoms with Gasteiger partial charge < -0.3 is 4.90 Å². The highest BCUT2D eigenvalue weighted by Gasteiger charge is 2.34. The summed E-state index contributed by atoms with van der Waals surface area (Å²) in [6, 6.07) is 5.91. The average molecular weight is 409 g/mol. The molecule has 1 aliphatic heterocycles. The zero-order chi connectivity index (χ0) is 16.7. The molecular weight excluding hydrogens is 390 g/mol. The summed E-state index contributed by atoms with van der Waals surface area (Å²) in [5.74, 6) is -0.507. The lowest BCUT2D eigenvalue weighted by Crippen LogP contribution is -2.26. The van der Waals surface area contributed by atoms with E-state index in [9.17, 15) is 13.2 Å². The molecule has 0 saturated carbocycles. The van der Waals surface area contributed by atoms with Crippen LogP contribution in [0.25, 0.3) is 0 Å². The molecule has 2 rings (SSSR count). The van der Waals surface area contributed by atoms with Gasteiger partial charge in [-0.25, -0.2) is 8.42 Å². The van der Waals surface area contributed by atoms with Crippen molar-refractivity contribution in [1.82, 2.24) is 0 Å². The van der Waals surface area contributed by atoms with Crippen molar-refractivity contribution in [3.63, 3.8) is 0 Å². The molecule has 7 heteroatoms. The smallest absolute Gasteiger partial charge is 0.232 e. The molecule has 0 aliphatic carbocycles. The molecule has 1 aromatic rings. The van der Waals surface area contributed by atoms with Gasteiger partial charge in [0.15, 0.2) is 0 Å². The van der Waals surface area contributed by atoms with Gasteiger partial charge in [0.2, 0.25) is 15.0 Å². The first-order valence-electron chi connectivity index (χ1n) is 7.00. The van der Waals surface area contributed by atoms with E-state index in [0.717, 1.165) is 15.7 Å². The van der Waals surface area contributed by atoms with Crippen LogP contribution in [-0.2, 0) is 19.3 Å². The number of carbonyl (C=O) groups is 1. The van der Waals surface area contributed by atoms with Gasteiger partial charge in [0.05, 0.1) is 11.4 Å². The van der Waals surface area contributed by atoms with E-state index in [1.54, 1.807) is 4.90 Å². The van der Waals surface area contributed by atoms with E-state index in [4.69, 9.17) is 10.7 Å². The Morgan fingerprint density at radius 3 is 2.50 bits per heavy atom. The second kappa shape index (κ2) is 6.13. The third-order valence-corrected chi connectivity index (χ3v) is 5.63. The minimum Gasteiger partial charge on any atom is -0.311 e. The van der Waals surface area contributed by atoms with E-state index in [0.29, 0.717) is 6.54 Å². The summed E-state index contributed by atoms with van der Waals surface area (Å²) in [6.07, 6.45) is 0.208. The van der Waals surface area contributed by atoms with Gasteiger partial charge in [-0.05, 0) is 39.0 Å². The fourth-order valence-corrected chi connectivity index (χ4v) is 4.51. The van der Waals surface area contributed by atoms with E-state index in [1.165, 1.54) is 0 Å². The normalized spacial score (nSPS) is 19.8. The number of benzene rings is 1. The first kappa shape index (κ1) is 17.8. The highest BCUT2D eigenvalue weighted by atomic mass is 79.9. The third kappa shape index (κ3) is 4.24. The predicted octanol–water partition coefficient (Wildman–Crippen LogP) is 3.67. The van der Waals surface area contributed by atoms with Crippen molar-refractivity contribution in [3.05, 3.63) is 28.2 Å². The Labute approximate surface area is 144 Å². The van der Waals surface area contributed by atoms with Gasteiger partial charge >= 0.3 is 0 Å². The number of carbonyl (C=O) groups excluding carboxylic acids is 1. The Hall–Kier alpha value is -0.590. The van der Waals surface area contributed by atoms with Gasteiger partial charge in [-0.2, -0.15) is 0 Å². The molecule has 1 heterocycles. The molecule has 0 spiro atoms. The van der Waals surface area contributed by atoms with Crippen LogP contribution in [0.5, 0.6) is 0 Å². The molecule has 1 amide bonds. The number of nitrogens with zero attached hydrogens (tertiary/aromatic N) is 1. The molecule has 1 saturated heterocycles. The molecule has 0 N–H and O–H groups in total. The van der Waals surface area contributed by atoms with Crippen LogP contribution in [0.3, 0.4) is 0 Å². The molecule has 1 fully saturated rings. The standard InChI is InChI=1S/C15H19BrClNO3S/c1-15(2,3)11-4-5-13(12(16)7-11)18-8-10(6-14(18)19)9-22(17,20)21/h4-5,7,10H,6,8-9H2,1-3H3. The van der Waals surface area contributed by atoms with Crippen molar-refractivity contribution >= 4 is 47.3 Å². The van der Waals surface area contributed by atoms with Crippen LogP contribution < -0.4 is 4.90 Å². The van der Waals surface area contributed by atoms with Crippen LogP contribution in [0.2, 0.25) is 0 Å². The lowest BCUT2D eigenvalue weighted by Gasteiger charge is -2.23. The van der Waals surface area contributed by atoms with Gasteiger partial charge in [-0.15, -0.1) is 0 Å². The summed E-state index contributed by atoms with van der Waals surface area (Å²) in [5.41, 5.74) is 1.95. The summed E-state index contributed by atoms with van der Waals surface area (Å²) in [4.78, 5) is 13.8. The zero-order valence-corrected chi connectivity index (χ0v) is 15.9. The van der Waals surface area contributed by atoms with Crippen molar-refractivity contribution in [2.75, 3.05) is 17.2 Å². The van der Waals surface area contributed by atoms with E-state index in [1.807, 2.05) is 18.2 Å². The fraction of sp³-hybridized carbons (Fsp3) is 0.533. The molecule has 4 nitrogen and oxygen atoms in total. The number of hydrogen-bond donors (Lipinski definition) is 0. The SMILES string of the molecule is CC(C)(C)c1ccc(N2CC(CS(=O)(=O)Cl)CC2=O)c(Br)c1. The van der Waals surface area contributed by atoms with Gasteiger partial charge in [-0.3, -0.25) is 4.79 Å². The number of hydrogen-bond acceptors (Lipinski definition) is 3. The molecular formula is C15H19BrClNO3S. The van der Waals surface area contributed by atoms with E-state index in [-0.39, 0.29) is 29.4 Å². The summed E-state index contributed by atoms with van der Waals surface area (Å²) >= 11 is 3.52. The van der Waals surface area contributed by atoms with Crippen molar-refractivity contribution < 1.29 is 13.2 Å². The maximum Gasteiger partial charge on any atom is 0.232 e. The lowest BCUT2D eigenvalue weighted by atomic mass is 9.87. The molecule has 1 unspecified atom stereocenters. The van der Waals surface area contributed by atoms with Crippen LogP contribution in [-0.4, -0.2) is 26.6 Å². The predicted molar refractivity (Wildman–Crippen MR) is 92.9 cm³/mol. The molecule has 1 atom stereocenters. The summed E-state index contributed by atoms with van der Waals surface area (Å²) in [6.45, 7) is 6.74. The average Bonchev–Trinajstić information content (AvgIpc) is 2.66. The second-order valence-corrected chi connectivity index (χ2v) is 10.4. The topological polar surface area (TPSA) is 54.5 Å². The quantitative estimate of drug-likeness (QED) is 0.717. The summed E-state index contributed by atoms with van der Waals surface area (Å²) in [5, 5.41) is 0. The van der Waals surface area contributed by atoms with Crippen LogP contribution in [0.1, 0.15) is 32.8 Å². The minimum atomic E-state index is -3.59. The molecule has 0 radical (unpaired) electrons. The van der Waals surface area contributed by atoms with Crippen molar-refractivity contribution in [2.45, 2.75) is 32.6 Å². The minimum absolute atomic E-state index is 0.0192. The van der Waals surface area contributed by atoms with E-state index < -0.39 is 9.05 Å². The van der Waals surface area contributed by atoms with E-state index >= 15 is 0 Å². The number of amides is 1. The largest absolute Gasteiger partial charge is 0.311 e. The Morgan fingerprint density at radius 2 is 2.00 bits per heavy atom. The third-order valence-electron chi connectivity index (χ3n) is 3.74. The van der Waals surface area contributed by atoms with Crippen LogP contribution in [0, 0.1) is 5.92 Å². The maximum absolute atomic E-state index is 12.2. The van der Waals surface area contributed by atoms with Crippen LogP contribution >= 0.6 is 26.6 Å². The fourth-order valence-electron chi connectivity index (χ4n) is 2.60. The summed E-state index contributed by atoms with van der Waals surface area (Å²) in [7, 11) is 1.70.